The summed E-state index contributed by atoms with van der Waals surface area (Å²) in [6.45, 7) is 2.75. The Labute approximate surface area is 66.6 Å². The van der Waals surface area contributed by atoms with Crippen LogP contribution in [0.2, 0.25) is 0 Å². The van der Waals surface area contributed by atoms with Gasteiger partial charge in [0.05, 0.1) is 5.69 Å². The molecule has 0 aliphatic carbocycles. The number of nitrogens with zero attached hydrogens (tertiary/aromatic N) is 1. The number of nitrogens with one attached hydrogen (secondary N) is 1. The Morgan fingerprint density at radius 1 is 1.73 bits per heavy atom. The van der Waals surface area contributed by atoms with Crippen LogP contribution in [0.25, 0.3) is 0 Å². The Balaban J connectivity index is 2.39. The molecule has 11 heavy (non-hydrogen) atoms. The van der Waals surface area contributed by atoms with Crippen LogP contribution in [0.4, 0.5) is 5.69 Å². The molecule has 3 N–H and O–H groups in total. The second-order valence-electron chi connectivity index (χ2n) is 2.60. The zero-order valence-electron chi connectivity index (χ0n) is 6.62. The molecule has 1 atom stereocenters. The molecule has 0 amide bonds. The summed E-state index contributed by atoms with van der Waals surface area (Å²) in [6.07, 6.45) is 3.53. The summed E-state index contributed by atoms with van der Waals surface area (Å²) in [5, 5.41) is 3.16. The molecule has 1 rings (SSSR count). The minimum atomic E-state index is 0.176. The van der Waals surface area contributed by atoms with Crippen LogP contribution < -0.4 is 11.1 Å². The van der Waals surface area contributed by atoms with E-state index in [4.69, 9.17) is 5.73 Å². The van der Waals surface area contributed by atoms with E-state index in [0.717, 1.165) is 12.2 Å². The number of rotatable bonds is 3. The van der Waals surface area contributed by atoms with Crippen LogP contribution in [0.15, 0.2) is 24.5 Å². The first-order chi connectivity index (χ1) is 5.29. The molecule has 1 aromatic heterocycles. The minimum absolute atomic E-state index is 0.176. The first-order valence-corrected chi connectivity index (χ1v) is 3.68. The van der Waals surface area contributed by atoms with Crippen molar-refractivity contribution in [2.45, 2.75) is 13.0 Å². The van der Waals surface area contributed by atoms with E-state index in [2.05, 4.69) is 10.3 Å². The molecule has 1 aromatic rings. The Morgan fingerprint density at radius 3 is 3.09 bits per heavy atom. The number of nitrogens with two attached hydrogens (primary N) is 1. The van der Waals surface area contributed by atoms with Gasteiger partial charge < -0.3 is 11.1 Å². The Hall–Kier alpha value is -1.09. The van der Waals surface area contributed by atoms with E-state index < -0.39 is 0 Å². The second kappa shape index (κ2) is 3.93. The van der Waals surface area contributed by atoms with Gasteiger partial charge in [-0.3, -0.25) is 4.98 Å². The highest BCUT2D eigenvalue weighted by Crippen LogP contribution is 2.01. The topological polar surface area (TPSA) is 50.9 Å². The van der Waals surface area contributed by atoms with Crippen LogP contribution in [-0.4, -0.2) is 17.6 Å². The normalized spacial score (nSPS) is 12.5. The van der Waals surface area contributed by atoms with Gasteiger partial charge >= 0.3 is 0 Å². The molecule has 0 radical (unpaired) electrons. The van der Waals surface area contributed by atoms with Crippen molar-refractivity contribution >= 4 is 5.69 Å². The third-order valence-corrected chi connectivity index (χ3v) is 1.29. The van der Waals surface area contributed by atoms with Gasteiger partial charge in [-0.2, -0.15) is 0 Å². The fraction of sp³-hybridized carbons (Fsp3) is 0.375. The van der Waals surface area contributed by atoms with Crippen LogP contribution in [0.3, 0.4) is 0 Å². The van der Waals surface area contributed by atoms with Gasteiger partial charge in [-0.1, -0.05) is 0 Å². The monoisotopic (exact) mass is 151 g/mol. The fourth-order valence-electron chi connectivity index (χ4n) is 0.746. The summed E-state index contributed by atoms with van der Waals surface area (Å²) in [6, 6.07) is 4.04. The van der Waals surface area contributed by atoms with Crippen LogP contribution in [0, 0.1) is 0 Å². The van der Waals surface area contributed by atoms with E-state index in [-0.39, 0.29) is 6.04 Å². The molecule has 3 heteroatoms. The maximum absolute atomic E-state index is 5.56. The van der Waals surface area contributed by atoms with Gasteiger partial charge in [0, 0.05) is 25.0 Å². The average Bonchev–Trinajstić information content (AvgIpc) is 2.03. The Kier molecular flexibility index (Phi) is 2.86. The zero-order chi connectivity index (χ0) is 8.10. The number of anilines is 1. The minimum Gasteiger partial charge on any atom is -0.382 e. The quantitative estimate of drug-likeness (QED) is 0.673. The van der Waals surface area contributed by atoms with Crippen LogP contribution in [0.1, 0.15) is 6.92 Å². The highest BCUT2D eigenvalue weighted by molar-refractivity contribution is 5.39. The molecular formula is C8H13N3. The zero-order valence-corrected chi connectivity index (χ0v) is 6.62. The van der Waals surface area contributed by atoms with Crippen LogP contribution >= 0.6 is 0 Å². The predicted molar refractivity (Wildman–Crippen MR) is 46.4 cm³/mol. The lowest BCUT2D eigenvalue weighted by Gasteiger charge is -2.07. The number of aromatic nitrogens is 1. The van der Waals surface area contributed by atoms with Crippen LogP contribution in [0.5, 0.6) is 0 Å². The van der Waals surface area contributed by atoms with Gasteiger partial charge in [0.25, 0.3) is 0 Å². The van der Waals surface area contributed by atoms with Gasteiger partial charge in [0.2, 0.25) is 0 Å². The molecule has 0 aliphatic heterocycles. The van der Waals surface area contributed by atoms with Crippen molar-refractivity contribution in [3.8, 4) is 0 Å². The molecule has 0 saturated carbocycles. The second-order valence-corrected chi connectivity index (χ2v) is 2.60. The molecule has 1 unspecified atom stereocenters. The maximum atomic E-state index is 5.56. The Morgan fingerprint density at radius 2 is 2.55 bits per heavy atom. The summed E-state index contributed by atoms with van der Waals surface area (Å²) in [5.41, 5.74) is 6.58. The highest BCUT2D eigenvalue weighted by atomic mass is 14.9. The highest BCUT2D eigenvalue weighted by Gasteiger charge is 1.92. The largest absolute Gasteiger partial charge is 0.382 e. The lowest BCUT2D eigenvalue weighted by molar-refractivity contribution is 0.780. The van der Waals surface area contributed by atoms with Gasteiger partial charge in [0.15, 0.2) is 0 Å². The number of hydrogen-bond acceptors (Lipinski definition) is 3. The summed E-state index contributed by atoms with van der Waals surface area (Å²) in [5.74, 6) is 0. The standard InChI is InChI=1S/C8H13N3/c1-7(9)5-11-8-3-2-4-10-6-8/h2-4,6-7,11H,5,9H2,1H3. The van der Waals surface area contributed by atoms with Crippen molar-refractivity contribution in [3.63, 3.8) is 0 Å². The van der Waals surface area contributed by atoms with Gasteiger partial charge in [-0.05, 0) is 19.1 Å². The molecule has 0 fully saturated rings. The molecule has 0 aromatic carbocycles. The van der Waals surface area contributed by atoms with Crippen molar-refractivity contribution in [3.05, 3.63) is 24.5 Å². The molecular weight excluding hydrogens is 138 g/mol. The van der Waals surface area contributed by atoms with Crippen molar-refractivity contribution < 1.29 is 0 Å². The molecule has 1 heterocycles. The molecule has 3 nitrogen and oxygen atoms in total. The first kappa shape index (κ1) is 8.01. The van der Waals surface area contributed by atoms with E-state index >= 15 is 0 Å². The van der Waals surface area contributed by atoms with Gasteiger partial charge in [0.1, 0.15) is 0 Å². The molecule has 0 saturated heterocycles. The third kappa shape index (κ3) is 3.00. The van der Waals surface area contributed by atoms with E-state index in [0.29, 0.717) is 0 Å². The third-order valence-electron chi connectivity index (χ3n) is 1.29. The summed E-state index contributed by atoms with van der Waals surface area (Å²) >= 11 is 0. The summed E-state index contributed by atoms with van der Waals surface area (Å²) in [4.78, 5) is 3.96. The van der Waals surface area contributed by atoms with Gasteiger partial charge in [-0.15, -0.1) is 0 Å². The van der Waals surface area contributed by atoms with Crippen LogP contribution in [-0.2, 0) is 0 Å². The van der Waals surface area contributed by atoms with Gasteiger partial charge in [-0.25, -0.2) is 0 Å². The maximum Gasteiger partial charge on any atom is 0.0527 e. The van der Waals surface area contributed by atoms with E-state index in [1.807, 2.05) is 19.1 Å². The SMILES string of the molecule is CC(N)CNc1cccnc1. The lowest BCUT2D eigenvalue weighted by atomic mass is 10.3. The molecule has 60 valence electrons. The van der Waals surface area contributed by atoms with Crippen molar-refractivity contribution in [2.75, 3.05) is 11.9 Å². The molecule has 0 aliphatic rings. The Bertz CT molecular complexity index is 196. The average molecular weight is 151 g/mol. The molecule has 0 bridgehead atoms. The van der Waals surface area contributed by atoms with E-state index in [1.54, 1.807) is 12.4 Å². The smallest absolute Gasteiger partial charge is 0.0527 e. The van der Waals surface area contributed by atoms with E-state index in [1.165, 1.54) is 0 Å². The number of hydrogen-bond donors (Lipinski definition) is 2. The summed E-state index contributed by atoms with van der Waals surface area (Å²) < 4.78 is 0. The van der Waals surface area contributed by atoms with Crippen molar-refractivity contribution in [1.82, 2.24) is 4.98 Å². The van der Waals surface area contributed by atoms with E-state index in [9.17, 15) is 0 Å². The number of pyridine rings is 1. The van der Waals surface area contributed by atoms with Crippen molar-refractivity contribution in [1.29, 1.82) is 0 Å². The lowest BCUT2D eigenvalue weighted by Crippen LogP contribution is -2.25. The van der Waals surface area contributed by atoms with Crippen molar-refractivity contribution in [2.24, 2.45) is 5.73 Å². The predicted octanol–water partition coefficient (Wildman–Crippen LogP) is 0.841. The first-order valence-electron chi connectivity index (χ1n) is 3.68. The summed E-state index contributed by atoms with van der Waals surface area (Å²) in [7, 11) is 0. The fourth-order valence-corrected chi connectivity index (χ4v) is 0.746. The molecule has 0 spiro atoms.